The van der Waals surface area contributed by atoms with Gasteiger partial charge in [0.1, 0.15) is 0 Å². The molecule has 142 valence electrons. The maximum atomic E-state index is 12.1. The van der Waals surface area contributed by atoms with Crippen LogP contribution in [0.4, 0.5) is 16.2 Å². The second-order valence-electron chi connectivity index (χ2n) is 8.45. The zero-order valence-corrected chi connectivity index (χ0v) is 17.2. The monoisotopic (exact) mass is 373 g/mol. The van der Waals surface area contributed by atoms with E-state index >= 15 is 0 Å². The summed E-state index contributed by atoms with van der Waals surface area (Å²) in [6, 6.07) is 7.71. The van der Waals surface area contributed by atoms with E-state index in [1.807, 2.05) is 12.1 Å². The van der Waals surface area contributed by atoms with Gasteiger partial charge in [0.15, 0.2) is 0 Å². The lowest BCUT2D eigenvalue weighted by molar-refractivity contribution is 0.167. The first-order valence-corrected chi connectivity index (χ1v) is 13.3. The molecule has 2 unspecified atom stereocenters. The fraction of sp³-hybridized carbons (Fsp3) is 0.550. The zero-order chi connectivity index (χ0) is 18.7. The summed E-state index contributed by atoms with van der Waals surface area (Å²) >= 11 is 0. The SMILES string of the molecule is C=CCN1c2ccc(NC(=O)OCC[Si](C)(C)C)cc2C2CNCCC21. The number of piperidine rings is 1. The quantitative estimate of drug-likeness (QED) is 0.584. The number of nitrogens with one attached hydrogen (secondary N) is 2. The van der Waals surface area contributed by atoms with Gasteiger partial charge >= 0.3 is 6.09 Å². The molecule has 3 rings (SSSR count). The fourth-order valence-electron chi connectivity index (χ4n) is 3.88. The molecule has 0 bridgehead atoms. The Bertz CT molecular complexity index is 672. The molecule has 1 saturated heterocycles. The average molecular weight is 374 g/mol. The Morgan fingerprint density at radius 1 is 1.46 bits per heavy atom. The third kappa shape index (κ3) is 4.30. The van der Waals surface area contributed by atoms with Gasteiger partial charge in [0, 0.05) is 44.5 Å². The molecule has 0 saturated carbocycles. The minimum absolute atomic E-state index is 0.359. The van der Waals surface area contributed by atoms with E-state index in [4.69, 9.17) is 4.74 Å². The van der Waals surface area contributed by atoms with Crippen LogP contribution in [-0.2, 0) is 4.74 Å². The lowest BCUT2D eigenvalue weighted by atomic mass is 9.90. The van der Waals surface area contributed by atoms with E-state index in [1.165, 1.54) is 11.3 Å². The summed E-state index contributed by atoms with van der Waals surface area (Å²) in [6.07, 6.45) is 2.74. The van der Waals surface area contributed by atoms with Crippen LogP contribution in [0.2, 0.25) is 25.7 Å². The van der Waals surface area contributed by atoms with Crippen LogP contribution in [-0.4, -0.2) is 46.5 Å². The number of amides is 1. The van der Waals surface area contributed by atoms with E-state index in [1.54, 1.807) is 0 Å². The highest BCUT2D eigenvalue weighted by Crippen LogP contribution is 2.44. The highest BCUT2D eigenvalue weighted by atomic mass is 28.3. The number of anilines is 2. The molecular formula is C20H31N3O2Si. The van der Waals surface area contributed by atoms with Gasteiger partial charge in [-0.2, -0.15) is 0 Å². The summed E-state index contributed by atoms with van der Waals surface area (Å²) < 4.78 is 5.36. The summed E-state index contributed by atoms with van der Waals surface area (Å²) in [4.78, 5) is 14.5. The van der Waals surface area contributed by atoms with Crippen molar-refractivity contribution in [2.75, 3.05) is 36.5 Å². The van der Waals surface area contributed by atoms with Gasteiger partial charge in [0.25, 0.3) is 0 Å². The molecule has 2 aliphatic heterocycles. The van der Waals surface area contributed by atoms with Crippen LogP contribution in [0, 0.1) is 0 Å². The minimum atomic E-state index is -1.19. The predicted molar refractivity (Wildman–Crippen MR) is 111 cm³/mol. The standard InChI is InChI=1S/C20H31N3O2Si/c1-5-10-23-18-7-6-15(22-20(24)25-11-12-26(2,3)4)13-16(18)17-14-21-9-8-19(17)23/h5-7,13,17,19,21H,1,8-12,14H2,2-4H3,(H,22,24). The van der Waals surface area contributed by atoms with Crippen LogP contribution in [0.25, 0.3) is 0 Å². The van der Waals surface area contributed by atoms with E-state index in [0.717, 1.165) is 37.8 Å². The maximum absolute atomic E-state index is 12.1. The average Bonchev–Trinajstić information content (AvgIpc) is 2.88. The molecule has 1 fully saturated rings. The van der Waals surface area contributed by atoms with Gasteiger partial charge in [-0.05, 0) is 42.8 Å². The topological polar surface area (TPSA) is 53.6 Å². The zero-order valence-electron chi connectivity index (χ0n) is 16.2. The lowest BCUT2D eigenvalue weighted by Gasteiger charge is -2.33. The minimum Gasteiger partial charge on any atom is -0.450 e. The molecule has 6 heteroatoms. The summed E-state index contributed by atoms with van der Waals surface area (Å²) in [5.74, 6) is 0.461. The van der Waals surface area contributed by atoms with Gasteiger partial charge in [0.05, 0.1) is 6.61 Å². The largest absolute Gasteiger partial charge is 0.450 e. The second-order valence-corrected chi connectivity index (χ2v) is 14.1. The second kappa shape index (κ2) is 7.84. The Kier molecular flexibility index (Phi) is 5.72. The molecule has 0 radical (unpaired) electrons. The van der Waals surface area contributed by atoms with Crippen LogP contribution in [0.15, 0.2) is 30.9 Å². The van der Waals surface area contributed by atoms with Crippen molar-refractivity contribution >= 4 is 25.5 Å². The Hall–Kier alpha value is -1.79. The molecule has 0 spiro atoms. The summed E-state index contributed by atoms with van der Waals surface area (Å²) in [5.41, 5.74) is 3.39. The van der Waals surface area contributed by atoms with Crippen molar-refractivity contribution in [3.05, 3.63) is 36.4 Å². The van der Waals surface area contributed by atoms with E-state index in [-0.39, 0.29) is 6.09 Å². The summed E-state index contributed by atoms with van der Waals surface area (Å²) in [7, 11) is -1.19. The van der Waals surface area contributed by atoms with Crippen molar-refractivity contribution in [3.8, 4) is 0 Å². The van der Waals surface area contributed by atoms with Crippen molar-refractivity contribution in [1.82, 2.24) is 5.32 Å². The Morgan fingerprint density at radius 2 is 2.27 bits per heavy atom. The van der Waals surface area contributed by atoms with Crippen molar-refractivity contribution in [2.45, 2.75) is 44.1 Å². The van der Waals surface area contributed by atoms with Crippen molar-refractivity contribution in [2.24, 2.45) is 0 Å². The number of hydrogen-bond donors (Lipinski definition) is 2. The van der Waals surface area contributed by atoms with Gasteiger partial charge in [-0.3, -0.25) is 5.32 Å². The number of carbonyl (C=O) groups excluding carboxylic acids is 1. The van der Waals surface area contributed by atoms with Crippen LogP contribution in [0.5, 0.6) is 0 Å². The maximum Gasteiger partial charge on any atom is 0.411 e. The molecule has 2 N–H and O–H groups in total. The van der Waals surface area contributed by atoms with E-state index in [2.05, 4.69) is 53.9 Å². The van der Waals surface area contributed by atoms with Gasteiger partial charge in [-0.25, -0.2) is 4.79 Å². The molecule has 2 aliphatic rings. The Morgan fingerprint density at radius 3 is 3.00 bits per heavy atom. The molecule has 5 nitrogen and oxygen atoms in total. The van der Waals surface area contributed by atoms with Gasteiger partial charge in [-0.1, -0.05) is 25.7 Å². The first kappa shape index (κ1) is 19.0. The summed E-state index contributed by atoms with van der Waals surface area (Å²) in [5, 5.41) is 6.40. The number of hydrogen-bond acceptors (Lipinski definition) is 4. The third-order valence-corrected chi connectivity index (χ3v) is 6.94. The lowest BCUT2D eigenvalue weighted by Crippen LogP contribution is -2.44. The third-order valence-electron chi connectivity index (χ3n) is 5.24. The van der Waals surface area contributed by atoms with E-state index in [9.17, 15) is 4.79 Å². The summed E-state index contributed by atoms with van der Waals surface area (Å²) in [6.45, 7) is 14.1. The molecule has 2 heterocycles. The van der Waals surface area contributed by atoms with Gasteiger partial charge in [-0.15, -0.1) is 6.58 Å². The molecule has 1 aromatic rings. The predicted octanol–water partition coefficient (Wildman–Crippen LogP) is 4.02. The van der Waals surface area contributed by atoms with E-state index < -0.39 is 8.07 Å². The highest BCUT2D eigenvalue weighted by molar-refractivity contribution is 6.76. The number of nitrogens with zero attached hydrogens (tertiary/aromatic N) is 1. The highest BCUT2D eigenvalue weighted by Gasteiger charge is 2.39. The number of benzene rings is 1. The molecule has 1 amide bonds. The number of ether oxygens (including phenoxy) is 1. The first-order valence-electron chi connectivity index (χ1n) is 9.55. The smallest absolute Gasteiger partial charge is 0.411 e. The van der Waals surface area contributed by atoms with Crippen LogP contribution >= 0.6 is 0 Å². The molecule has 26 heavy (non-hydrogen) atoms. The Labute approximate surface area is 157 Å². The van der Waals surface area contributed by atoms with Crippen molar-refractivity contribution in [1.29, 1.82) is 0 Å². The molecule has 1 aromatic carbocycles. The van der Waals surface area contributed by atoms with Gasteiger partial charge in [0.2, 0.25) is 0 Å². The van der Waals surface area contributed by atoms with Crippen LogP contribution in [0.1, 0.15) is 17.9 Å². The first-order chi connectivity index (χ1) is 12.4. The molecular weight excluding hydrogens is 342 g/mol. The fourth-order valence-corrected chi connectivity index (χ4v) is 4.60. The molecule has 0 aromatic heterocycles. The van der Waals surface area contributed by atoms with Crippen LogP contribution in [0.3, 0.4) is 0 Å². The van der Waals surface area contributed by atoms with Crippen LogP contribution < -0.4 is 15.5 Å². The number of carbonyl (C=O) groups is 1. The van der Waals surface area contributed by atoms with E-state index in [0.29, 0.717) is 18.6 Å². The normalized spacial score (nSPS) is 21.7. The molecule has 2 atom stereocenters. The molecule has 0 aliphatic carbocycles. The van der Waals surface area contributed by atoms with Crippen molar-refractivity contribution < 1.29 is 9.53 Å². The number of fused-ring (bicyclic) bond motifs is 3. The van der Waals surface area contributed by atoms with Gasteiger partial charge < -0.3 is 15.0 Å². The Balaban J connectivity index is 1.68. The van der Waals surface area contributed by atoms with Crippen molar-refractivity contribution in [3.63, 3.8) is 0 Å². The number of rotatable bonds is 6.